The Morgan fingerprint density at radius 2 is 1.27 bits per heavy atom. The van der Waals surface area contributed by atoms with Crippen LogP contribution in [0.2, 0.25) is 0 Å². The lowest BCUT2D eigenvalue weighted by molar-refractivity contribution is -0.154. The first kappa shape index (κ1) is 40.0. The van der Waals surface area contributed by atoms with E-state index < -0.39 is 19.9 Å². The van der Waals surface area contributed by atoms with Gasteiger partial charge < -0.3 is 20.1 Å². The topological polar surface area (TPSA) is 117 Å². The van der Waals surface area contributed by atoms with Gasteiger partial charge in [-0.25, -0.2) is 4.57 Å². The predicted molar refractivity (Wildman–Crippen MR) is 169 cm³/mol. The van der Waals surface area contributed by atoms with Gasteiger partial charge in [-0.15, -0.1) is 0 Å². The minimum atomic E-state index is -4.23. The van der Waals surface area contributed by atoms with Crippen molar-refractivity contribution in [3.05, 3.63) is 24.3 Å². The summed E-state index contributed by atoms with van der Waals surface area (Å²) in [5.74, 6) is -0.420. The van der Waals surface area contributed by atoms with Crippen molar-refractivity contribution in [3.63, 3.8) is 0 Å². The van der Waals surface area contributed by atoms with E-state index in [1.54, 1.807) is 6.92 Å². The van der Waals surface area contributed by atoms with Crippen LogP contribution in [0.3, 0.4) is 0 Å². The van der Waals surface area contributed by atoms with E-state index in [1.807, 2.05) is 0 Å². The minimum Gasteiger partial charge on any atom is -0.457 e. The minimum absolute atomic E-state index is 0.0979. The van der Waals surface area contributed by atoms with Crippen molar-refractivity contribution in [3.8, 4) is 0 Å². The molecule has 0 heterocycles. The fourth-order valence-electron chi connectivity index (χ4n) is 4.24. The van der Waals surface area contributed by atoms with E-state index in [9.17, 15) is 14.3 Å². The number of unbranched alkanes of at least 4 members (excludes halogenated alkanes) is 15. The molecule has 242 valence electrons. The molecular formula is C32H62NO7P. The van der Waals surface area contributed by atoms with Crippen molar-refractivity contribution in [1.82, 2.24) is 0 Å². The van der Waals surface area contributed by atoms with Crippen LogP contribution in [-0.2, 0) is 27.9 Å². The molecule has 0 aliphatic carbocycles. The van der Waals surface area contributed by atoms with Crippen LogP contribution in [-0.4, -0.2) is 49.9 Å². The molecule has 0 saturated carbocycles. The van der Waals surface area contributed by atoms with Crippen molar-refractivity contribution in [2.45, 2.75) is 142 Å². The summed E-state index contributed by atoms with van der Waals surface area (Å²) in [5, 5.41) is 0. The van der Waals surface area contributed by atoms with Gasteiger partial charge in [0.1, 0.15) is 6.10 Å². The first-order chi connectivity index (χ1) is 19.9. The molecule has 0 fully saturated rings. The summed E-state index contributed by atoms with van der Waals surface area (Å²) >= 11 is 0. The van der Waals surface area contributed by atoms with Crippen molar-refractivity contribution < 1.29 is 32.8 Å². The number of hydrogen-bond acceptors (Lipinski definition) is 7. The molecule has 0 amide bonds. The number of rotatable bonds is 31. The monoisotopic (exact) mass is 603 g/mol. The number of carbonyl (C=O) groups excluding carboxylic acids is 1. The molecule has 9 heteroatoms. The molecule has 0 aromatic heterocycles. The molecule has 0 aromatic rings. The summed E-state index contributed by atoms with van der Waals surface area (Å²) in [6, 6.07) is 0. The molecule has 0 bridgehead atoms. The van der Waals surface area contributed by atoms with E-state index in [4.69, 9.17) is 24.3 Å². The Hall–Kier alpha value is -1.02. The van der Waals surface area contributed by atoms with Crippen LogP contribution in [0.5, 0.6) is 0 Å². The van der Waals surface area contributed by atoms with Crippen molar-refractivity contribution in [1.29, 1.82) is 0 Å². The third-order valence-electron chi connectivity index (χ3n) is 6.68. The van der Waals surface area contributed by atoms with Gasteiger partial charge in [0.2, 0.25) is 0 Å². The van der Waals surface area contributed by atoms with Crippen LogP contribution in [0, 0.1) is 0 Å². The van der Waals surface area contributed by atoms with Crippen molar-refractivity contribution in [2.75, 3.05) is 33.0 Å². The highest BCUT2D eigenvalue weighted by atomic mass is 31.2. The summed E-state index contributed by atoms with van der Waals surface area (Å²) < 4.78 is 32.3. The maximum Gasteiger partial charge on any atom is 0.472 e. The molecule has 2 unspecified atom stereocenters. The highest BCUT2D eigenvalue weighted by Crippen LogP contribution is 2.43. The Labute approximate surface area is 251 Å². The average molecular weight is 604 g/mol. The number of esters is 1. The zero-order valence-electron chi connectivity index (χ0n) is 26.3. The molecule has 0 aliphatic rings. The second-order valence-corrected chi connectivity index (χ2v) is 12.1. The highest BCUT2D eigenvalue weighted by molar-refractivity contribution is 7.47. The van der Waals surface area contributed by atoms with Crippen LogP contribution in [0.25, 0.3) is 0 Å². The van der Waals surface area contributed by atoms with Gasteiger partial charge in [-0.05, 0) is 38.5 Å². The Kier molecular flexibility index (Phi) is 29.7. The average Bonchev–Trinajstić information content (AvgIpc) is 2.96. The fourth-order valence-corrected chi connectivity index (χ4v) is 5.00. The lowest BCUT2D eigenvalue weighted by Crippen LogP contribution is -2.28. The van der Waals surface area contributed by atoms with E-state index in [2.05, 4.69) is 31.2 Å². The van der Waals surface area contributed by atoms with Crippen LogP contribution in [0.15, 0.2) is 24.3 Å². The fraction of sp³-hybridized carbons (Fsp3) is 0.844. The van der Waals surface area contributed by atoms with Gasteiger partial charge in [0, 0.05) is 19.6 Å². The van der Waals surface area contributed by atoms with Crippen LogP contribution in [0.1, 0.15) is 136 Å². The predicted octanol–water partition coefficient (Wildman–Crippen LogP) is 8.57. The Morgan fingerprint density at radius 3 is 1.80 bits per heavy atom. The lowest BCUT2D eigenvalue weighted by Gasteiger charge is -2.19. The molecule has 3 N–H and O–H groups in total. The standard InChI is InChI=1S/C32H62NO7P/c1-3-5-6-7-8-9-10-11-12-13-14-15-16-17-18-19-20-21-22-23-24-25-27-37-29-31(40-32(34)4-2)30-39-41(35,36)38-28-26-33/h10-11,13-14,31H,3-9,12,15-30,33H2,1-2H3,(H,35,36)/b11-10-,14-13-. The molecule has 8 nitrogen and oxygen atoms in total. The third-order valence-corrected chi connectivity index (χ3v) is 7.66. The molecule has 2 atom stereocenters. The number of nitrogens with two attached hydrogens (primary N) is 1. The Balaban J connectivity index is 3.61. The van der Waals surface area contributed by atoms with Gasteiger partial charge in [-0.3, -0.25) is 13.8 Å². The Bertz CT molecular complexity index is 687. The maximum absolute atomic E-state index is 11.8. The lowest BCUT2D eigenvalue weighted by atomic mass is 10.1. The first-order valence-electron chi connectivity index (χ1n) is 16.3. The van der Waals surface area contributed by atoms with Gasteiger partial charge >= 0.3 is 13.8 Å². The summed E-state index contributed by atoms with van der Waals surface area (Å²) in [5.41, 5.74) is 5.27. The zero-order valence-corrected chi connectivity index (χ0v) is 27.2. The summed E-state index contributed by atoms with van der Waals surface area (Å²) in [6.07, 6.45) is 31.3. The zero-order chi connectivity index (χ0) is 30.3. The molecule has 0 radical (unpaired) electrons. The molecule has 0 aliphatic heterocycles. The van der Waals surface area contributed by atoms with Crippen LogP contribution >= 0.6 is 7.82 Å². The molecule has 41 heavy (non-hydrogen) atoms. The SMILES string of the molecule is CCCCCCC/C=C\C/C=C\CCCCCCCCCCCCOCC(COP(=O)(O)OCCN)OC(=O)CC. The van der Waals surface area contributed by atoms with Crippen molar-refractivity contribution >= 4 is 13.8 Å². The number of phosphoric acid groups is 1. The van der Waals surface area contributed by atoms with Gasteiger partial charge in [-0.2, -0.15) is 0 Å². The van der Waals surface area contributed by atoms with Gasteiger partial charge in [-0.1, -0.05) is 115 Å². The number of carbonyl (C=O) groups is 1. The maximum atomic E-state index is 11.8. The van der Waals surface area contributed by atoms with Crippen LogP contribution in [0.4, 0.5) is 0 Å². The van der Waals surface area contributed by atoms with E-state index in [0.717, 1.165) is 19.3 Å². The first-order valence-corrected chi connectivity index (χ1v) is 17.8. The summed E-state index contributed by atoms with van der Waals surface area (Å²) in [7, 11) is -4.23. The summed E-state index contributed by atoms with van der Waals surface area (Å²) in [6.45, 7) is 4.31. The number of allylic oxidation sites excluding steroid dienone is 4. The quantitative estimate of drug-likeness (QED) is 0.0350. The van der Waals surface area contributed by atoms with Crippen LogP contribution < -0.4 is 5.73 Å². The van der Waals surface area contributed by atoms with E-state index in [1.165, 1.54) is 96.3 Å². The smallest absolute Gasteiger partial charge is 0.457 e. The second-order valence-electron chi connectivity index (χ2n) is 10.6. The molecular weight excluding hydrogens is 541 g/mol. The molecule has 0 spiro atoms. The second kappa shape index (κ2) is 30.4. The molecule has 0 rings (SSSR count). The van der Waals surface area contributed by atoms with Gasteiger partial charge in [0.15, 0.2) is 0 Å². The number of ether oxygens (including phenoxy) is 2. The third kappa shape index (κ3) is 30.2. The Morgan fingerprint density at radius 1 is 0.732 bits per heavy atom. The molecule has 0 saturated heterocycles. The van der Waals surface area contributed by atoms with Gasteiger partial charge in [0.05, 0.1) is 19.8 Å². The molecule has 0 aromatic carbocycles. The van der Waals surface area contributed by atoms with E-state index in [-0.39, 0.29) is 32.8 Å². The summed E-state index contributed by atoms with van der Waals surface area (Å²) in [4.78, 5) is 21.3. The number of hydrogen-bond donors (Lipinski definition) is 2. The number of phosphoric ester groups is 1. The normalized spacial score (nSPS) is 14.1. The van der Waals surface area contributed by atoms with Crippen molar-refractivity contribution in [2.24, 2.45) is 5.73 Å². The van der Waals surface area contributed by atoms with Gasteiger partial charge in [0.25, 0.3) is 0 Å². The van der Waals surface area contributed by atoms with E-state index in [0.29, 0.717) is 6.61 Å². The highest BCUT2D eigenvalue weighted by Gasteiger charge is 2.24. The largest absolute Gasteiger partial charge is 0.472 e. The van der Waals surface area contributed by atoms with E-state index >= 15 is 0 Å².